The fraction of sp³-hybridized carbons (Fsp3) is 0.320. The molecule has 1 saturated heterocycles. The van der Waals surface area contributed by atoms with Gasteiger partial charge in [0.15, 0.2) is 0 Å². The van der Waals surface area contributed by atoms with Gasteiger partial charge in [-0.1, -0.05) is 24.3 Å². The van der Waals surface area contributed by atoms with Crippen molar-refractivity contribution in [3.8, 4) is 5.75 Å². The highest BCUT2D eigenvalue weighted by atomic mass is 19.1. The van der Waals surface area contributed by atoms with Crippen LogP contribution in [0.1, 0.15) is 18.4 Å². The van der Waals surface area contributed by atoms with Crippen LogP contribution in [0.25, 0.3) is 0 Å². The van der Waals surface area contributed by atoms with Crippen LogP contribution in [0.5, 0.6) is 5.75 Å². The maximum atomic E-state index is 13.9. The molecule has 1 unspecified atom stereocenters. The van der Waals surface area contributed by atoms with E-state index in [1.807, 2.05) is 29.2 Å². The van der Waals surface area contributed by atoms with E-state index in [-0.39, 0.29) is 17.6 Å². The third-order valence-corrected chi connectivity index (χ3v) is 5.73. The summed E-state index contributed by atoms with van der Waals surface area (Å²) in [5, 5.41) is 6.06. The standard InChI is InChI=1S/C25H28FN5O2/c1-33-20-10-8-18(9-11-20)12-14-27-24(32)19-5-4-16-31(17-19)25-28-15-13-23(30-25)29-22-7-3-2-6-21(22)26/h2-3,6-11,13,15,19H,4-5,12,14,16-17H2,1H3,(H,27,32)(H,28,29,30). The molecule has 3 aromatic rings. The number of hydrogen-bond acceptors (Lipinski definition) is 6. The Morgan fingerprint density at radius 2 is 2.00 bits per heavy atom. The Morgan fingerprint density at radius 3 is 2.79 bits per heavy atom. The van der Waals surface area contributed by atoms with E-state index < -0.39 is 0 Å². The van der Waals surface area contributed by atoms with Gasteiger partial charge in [0.2, 0.25) is 11.9 Å². The van der Waals surface area contributed by atoms with Gasteiger partial charge in [-0.25, -0.2) is 9.37 Å². The van der Waals surface area contributed by atoms with Crippen LogP contribution in [-0.2, 0) is 11.2 Å². The number of rotatable bonds is 8. The third-order valence-electron chi connectivity index (χ3n) is 5.73. The number of nitrogens with one attached hydrogen (secondary N) is 2. The molecule has 4 rings (SSSR count). The number of methoxy groups -OCH3 is 1. The molecule has 1 aromatic heterocycles. The molecule has 7 nitrogen and oxygen atoms in total. The monoisotopic (exact) mass is 449 g/mol. The maximum absolute atomic E-state index is 13.9. The Labute approximate surface area is 193 Å². The SMILES string of the molecule is COc1ccc(CCNC(=O)C2CCCN(c3nccc(Nc4ccccc4F)n3)C2)cc1. The number of halogens is 1. The fourth-order valence-corrected chi connectivity index (χ4v) is 3.91. The lowest BCUT2D eigenvalue weighted by molar-refractivity contribution is -0.125. The highest BCUT2D eigenvalue weighted by Crippen LogP contribution is 2.23. The van der Waals surface area contributed by atoms with E-state index >= 15 is 0 Å². The Kier molecular flexibility index (Phi) is 7.34. The third kappa shape index (κ3) is 5.97. The number of carbonyl (C=O) groups excluding carboxylic acids is 1. The van der Waals surface area contributed by atoms with Gasteiger partial charge in [0.25, 0.3) is 0 Å². The summed E-state index contributed by atoms with van der Waals surface area (Å²) < 4.78 is 19.1. The number of piperidine rings is 1. The molecule has 0 radical (unpaired) electrons. The van der Waals surface area contributed by atoms with Crippen molar-refractivity contribution in [2.75, 3.05) is 37.0 Å². The minimum atomic E-state index is -0.345. The fourth-order valence-electron chi connectivity index (χ4n) is 3.91. The van der Waals surface area contributed by atoms with Crippen molar-refractivity contribution >= 4 is 23.4 Å². The zero-order valence-corrected chi connectivity index (χ0v) is 18.6. The van der Waals surface area contributed by atoms with Crippen LogP contribution in [0.2, 0.25) is 0 Å². The van der Waals surface area contributed by atoms with E-state index in [0.717, 1.165) is 37.1 Å². The molecule has 0 bridgehead atoms. The minimum absolute atomic E-state index is 0.0499. The number of aromatic nitrogens is 2. The second-order valence-electron chi connectivity index (χ2n) is 8.02. The average molecular weight is 450 g/mol. The van der Waals surface area contributed by atoms with Crippen molar-refractivity contribution in [3.05, 3.63) is 72.2 Å². The number of anilines is 3. The summed E-state index contributed by atoms with van der Waals surface area (Å²) in [6.45, 7) is 1.91. The van der Waals surface area contributed by atoms with Crippen molar-refractivity contribution in [1.29, 1.82) is 0 Å². The smallest absolute Gasteiger partial charge is 0.227 e. The van der Waals surface area contributed by atoms with Crippen LogP contribution in [0, 0.1) is 11.7 Å². The van der Waals surface area contributed by atoms with Crippen molar-refractivity contribution in [2.24, 2.45) is 5.92 Å². The second kappa shape index (κ2) is 10.8. The van der Waals surface area contributed by atoms with E-state index in [0.29, 0.717) is 30.5 Å². The summed E-state index contributed by atoms with van der Waals surface area (Å²) in [6, 6.07) is 16.0. The molecule has 0 spiro atoms. The molecule has 33 heavy (non-hydrogen) atoms. The van der Waals surface area contributed by atoms with Gasteiger partial charge in [-0.05, 0) is 55.2 Å². The molecule has 1 aliphatic heterocycles. The van der Waals surface area contributed by atoms with Gasteiger partial charge in [-0.3, -0.25) is 4.79 Å². The summed E-state index contributed by atoms with van der Waals surface area (Å²) in [5.74, 6) is 1.45. The predicted molar refractivity (Wildman–Crippen MR) is 126 cm³/mol. The number of carbonyl (C=O) groups is 1. The first kappa shape index (κ1) is 22.5. The van der Waals surface area contributed by atoms with E-state index in [1.165, 1.54) is 6.07 Å². The lowest BCUT2D eigenvalue weighted by Crippen LogP contribution is -2.44. The van der Waals surface area contributed by atoms with Crippen LogP contribution in [-0.4, -0.2) is 42.6 Å². The number of hydrogen-bond donors (Lipinski definition) is 2. The van der Waals surface area contributed by atoms with Gasteiger partial charge in [-0.15, -0.1) is 0 Å². The molecule has 1 fully saturated rings. The molecule has 2 aromatic carbocycles. The summed E-state index contributed by atoms with van der Waals surface area (Å²) in [5.41, 5.74) is 1.50. The quantitative estimate of drug-likeness (QED) is 0.542. The summed E-state index contributed by atoms with van der Waals surface area (Å²) >= 11 is 0. The molecule has 8 heteroatoms. The van der Waals surface area contributed by atoms with Crippen molar-refractivity contribution in [3.63, 3.8) is 0 Å². The molecular weight excluding hydrogens is 421 g/mol. The molecule has 1 amide bonds. The largest absolute Gasteiger partial charge is 0.497 e. The van der Waals surface area contributed by atoms with E-state index in [2.05, 4.69) is 20.6 Å². The Bertz CT molecular complexity index is 1080. The van der Waals surface area contributed by atoms with Gasteiger partial charge in [0.1, 0.15) is 17.4 Å². The molecule has 2 N–H and O–H groups in total. The van der Waals surface area contributed by atoms with Crippen molar-refractivity contribution < 1.29 is 13.9 Å². The van der Waals surface area contributed by atoms with Crippen LogP contribution >= 0.6 is 0 Å². The number of benzene rings is 2. The van der Waals surface area contributed by atoms with Crippen LogP contribution in [0.4, 0.5) is 21.8 Å². The van der Waals surface area contributed by atoms with Crippen molar-refractivity contribution in [2.45, 2.75) is 19.3 Å². The Morgan fingerprint density at radius 1 is 1.18 bits per heavy atom. The van der Waals surface area contributed by atoms with Crippen molar-refractivity contribution in [1.82, 2.24) is 15.3 Å². The summed E-state index contributed by atoms with van der Waals surface area (Å²) in [7, 11) is 1.64. The van der Waals surface area contributed by atoms with Gasteiger partial charge in [0.05, 0.1) is 18.7 Å². The molecule has 0 aliphatic carbocycles. The number of ether oxygens (including phenoxy) is 1. The molecule has 1 aliphatic rings. The zero-order chi connectivity index (χ0) is 23.0. The topological polar surface area (TPSA) is 79.4 Å². The molecule has 1 atom stereocenters. The van der Waals surface area contributed by atoms with Crippen LogP contribution in [0.15, 0.2) is 60.8 Å². The van der Waals surface area contributed by atoms with Crippen LogP contribution < -0.4 is 20.3 Å². The zero-order valence-electron chi connectivity index (χ0n) is 18.6. The highest BCUT2D eigenvalue weighted by Gasteiger charge is 2.27. The normalized spacial score (nSPS) is 15.7. The van der Waals surface area contributed by atoms with Gasteiger partial charge in [-0.2, -0.15) is 4.98 Å². The average Bonchev–Trinajstić information content (AvgIpc) is 2.86. The van der Waals surface area contributed by atoms with E-state index in [1.54, 1.807) is 37.6 Å². The lowest BCUT2D eigenvalue weighted by Gasteiger charge is -2.32. The number of nitrogens with zero attached hydrogens (tertiary/aromatic N) is 3. The van der Waals surface area contributed by atoms with Gasteiger partial charge in [0, 0.05) is 25.8 Å². The highest BCUT2D eigenvalue weighted by molar-refractivity contribution is 5.79. The van der Waals surface area contributed by atoms with Gasteiger partial charge >= 0.3 is 0 Å². The Balaban J connectivity index is 1.32. The molecule has 0 saturated carbocycles. The summed E-state index contributed by atoms with van der Waals surface area (Å²) in [4.78, 5) is 23.7. The van der Waals surface area contributed by atoms with Gasteiger partial charge < -0.3 is 20.3 Å². The minimum Gasteiger partial charge on any atom is -0.497 e. The second-order valence-corrected chi connectivity index (χ2v) is 8.02. The molecular formula is C25H28FN5O2. The summed E-state index contributed by atoms with van der Waals surface area (Å²) in [6.07, 6.45) is 4.12. The maximum Gasteiger partial charge on any atom is 0.227 e. The first-order chi connectivity index (χ1) is 16.1. The first-order valence-electron chi connectivity index (χ1n) is 11.1. The number of para-hydroxylation sites is 1. The van der Waals surface area contributed by atoms with E-state index in [4.69, 9.17) is 4.74 Å². The van der Waals surface area contributed by atoms with E-state index in [9.17, 15) is 9.18 Å². The lowest BCUT2D eigenvalue weighted by atomic mass is 9.97. The Hall–Kier alpha value is -3.68. The predicted octanol–water partition coefficient (Wildman–Crippen LogP) is 3.94. The van der Waals surface area contributed by atoms with Crippen LogP contribution in [0.3, 0.4) is 0 Å². The number of amides is 1. The molecule has 2 heterocycles. The first-order valence-corrected chi connectivity index (χ1v) is 11.1. The molecule has 172 valence electrons.